The SMILES string of the molecule is COc1cccc(-c2csc(NC3=NCCCC3)n2)c1. The number of amidine groups is 1. The van der Waals surface area contributed by atoms with E-state index in [0.29, 0.717) is 0 Å². The van der Waals surface area contributed by atoms with Crippen molar-refractivity contribution in [2.24, 2.45) is 4.99 Å². The van der Waals surface area contributed by atoms with E-state index in [1.54, 1.807) is 18.4 Å². The van der Waals surface area contributed by atoms with Gasteiger partial charge in [0, 0.05) is 23.9 Å². The van der Waals surface area contributed by atoms with Gasteiger partial charge in [-0.05, 0) is 25.0 Å². The summed E-state index contributed by atoms with van der Waals surface area (Å²) in [6.07, 6.45) is 3.42. The van der Waals surface area contributed by atoms with Gasteiger partial charge in [-0.15, -0.1) is 11.3 Å². The van der Waals surface area contributed by atoms with Crippen molar-refractivity contribution in [3.63, 3.8) is 0 Å². The third-order valence-corrected chi connectivity index (χ3v) is 4.00. The highest BCUT2D eigenvalue weighted by atomic mass is 32.1. The Morgan fingerprint density at radius 3 is 3.05 bits per heavy atom. The summed E-state index contributed by atoms with van der Waals surface area (Å²) in [5.41, 5.74) is 2.03. The number of ether oxygens (including phenoxy) is 1. The van der Waals surface area contributed by atoms with Crippen molar-refractivity contribution < 1.29 is 4.74 Å². The molecule has 0 amide bonds. The number of aromatic nitrogens is 1. The van der Waals surface area contributed by atoms with E-state index in [-0.39, 0.29) is 0 Å². The Kier molecular flexibility index (Phi) is 3.97. The highest BCUT2D eigenvalue weighted by molar-refractivity contribution is 7.14. The zero-order valence-electron chi connectivity index (χ0n) is 11.4. The van der Waals surface area contributed by atoms with Gasteiger partial charge in [0.2, 0.25) is 0 Å². The lowest BCUT2D eigenvalue weighted by molar-refractivity contribution is 0.415. The van der Waals surface area contributed by atoms with Crippen LogP contribution in [-0.4, -0.2) is 24.5 Å². The van der Waals surface area contributed by atoms with Crippen LogP contribution in [0.15, 0.2) is 34.6 Å². The van der Waals surface area contributed by atoms with Gasteiger partial charge in [0.05, 0.1) is 12.8 Å². The highest BCUT2D eigenvalue weighted by Gasteiger charge is 2.09. The predicted octanol–water partition coefficient (Wildman–Crippen LogP) is 3.81. The number of aliphatic imine (C=N–C) groups is 1. The highest BCUT2D eigenvalue weighted by Crippen LogP contribution is 2.27. The second-order valence-electron chi connectivity index (χ2n) is 4.68. The molecule has 0 saturated carbocycles. The Morgan fingerprint density at radius 1 is 1.30 bits per heavy atom. The van der Waals surface area contributed by atoms with Gasteiger partial charge < -0.3 is 10.1 Å². The topological polar surface area (TPSA) is 46.5 Å². The van der Waals surface area contributed by atoms with Gasteiger partial charge in [-0.25, -0.2) is 4.98 Å². The molecule has 0 saturated heterocycles. The van der Waals surface area contributed by atoms with Gasteiger partial charge in [-0.2, -0.15) is 0 Å². The lowest BCUT2D eigenvalue weighted by Crippen LogP contribution is -2.15. The van der Waals surface area contributed by atoms with Crippen LogP contribution >= 0.6 is 11.3 Å². The van der Waals surface area contributed by atoms with Crippen LogP contribution in [0.1, 0.15) is 19.3 Å². The molecule has 4 nitrogen and oxygen atoms in total. The first-order valence-electron chi connectivity index (χ1n) is 6.75. The van der Waals surface area contributed by atoms with E-state index in [1.807, 2.05) is 24.3 Å². The van der Waals surface area contributed by atoms with E-state index in [9.17, 15) is 0 Å². The molecule has 2 aromatic rings. The van der Waals surface area contributed by atoms with Crippen LogP contribution in [0.5, 0.6) is 5.75 Å². The maximum atomic E-state index is 5.25. The summed E-state index contributed by atoms with van der Waals surface area (Å²) in [5, 5.41) is 6.29. The number of methoxy groups -OCH3 is 1. The standard InChI is InChI=1S/C15H17N3OS/c1-19-12-6-4-5-11(9-12)13-10-20-15(17-13)18-14-7-2-3-8-16-14/h4-6,9-10H,2-3,7-8H2,1H3,(H,16,17,18). The van der Waals surface area contributed by atoms with Gasteiger partial charge in [0.15, 0.2) is 5.13 Å². The van der Waals surface area contributed by atoms with Crippen LogP contribution < -0.4 is 10.1 Å². The summed E-state index contributed by atoms with van der Waals surface area (Å²) in [5.74, 6) is 1.91. The predicted molar refractivity (Wildman–Crippen MR) is 83.9 cm³/mol. The maximum absolute atomic E-state index is 5.25. The molecule has 0 bridgehead atoms. The normalized spacial score (nSPS) is 14.8. The number of thiazole rings is 1. The first-order chi connectivity index (χ1) is 9.85. The third-order valence-electron chi connectivity index (χ3n) is 3.25. The minimum Gasteiger partial charge on any atom is -0.497 e. The summed E-state index contributed by atoms with van der Waals surface area (Å²) >= 11 is 1.61. The van der Waals surface area contributed by atoms with Gasteiger partial charge in [0.25, 0.3) is 0 Å². The summed E-state index contributed by atoms with van der Waals surface area (Å²) in [7, 11) is 1.67. The monoisotopic (exact) mass is 287 g/mol. The van der Waals surface area contributed by atoms with E-state index in [4.69, 9.17) is 4.74 Å². The van der Waals surface area contributed by atoms with Crippen molar-refractivity contribution in [3.8, 4) is 17.0 Å². The Labute approximate surface area is 122 Å². The summed E-state index contributed by atoms with van der Waals surface area (Å²) < 4.78 is 5.25. The Hall–Kier alpha value is -1.88. The number of hydrogen-bond donors (Lipinski definition) is 1. The van der Waals surface area contributed by atoms with Crippen LogP contribution in [0.3, 0.4) is 0 Å². The molecule has 20 heavy (non-hydrogen) atoms. The molecule has 1 aliphatic heterocycles. The van der Waals surface area contributed by atoms with Crippen LogP contribution in [0, 0.1) is 0 Å². The molecule has 2 heterocycles. The molecular formula is C15H17N3OS. The summed E-state index contributed by atoms with van der Waals surface area (Å²) in [6, 6.07) is 7.95. The fourth-order valence-corrected chi connectivity index (χ4v) is 2.91. The van der Waals surface area contributed by atoms with Gasteiger partial charge >= 0.3 is 0 Å². The molecule has 0 radical (unpaired) electrons. The van der Waals surface area contributed by atoms with Crippen molar-refractivity contribution in [2.75, 3.05) is 19.0 Å². The van der Waals surface area contributed by atoms with E-state index in [2.05, 4.69) is 20.7 Å². The molecule has 0 spiro atoms. The smallest absolute Gasteiger partial charge is 0.188 e. The number of hydrogen-bond acceptors (Lipinski definition) is 5. The second-order valence-corrected chi connectivity index (χ2v) is 5.54. The first kappa shape index (κ1) is 13.1. The molecule has 0 aliphatic carbocycles. The van der Waals surface area contributed by atoms with Crippen molar-refractivity contribution in [1.29, 1.82) is 0 Å². The molecule has 0 unspecified atom stereocenters. The fraction of sp³-hybridized carbons (Fsp3) is 0.333. The molecule has 0 fully saturated rings. The quantitative estimate of drug-likeness (QED) is 0.933. The molecule has 104 valence electrons. The van der Waals surface area contributed by atoms with Crippen molar-refractivity contribution in [2.45, 2.75) is 19.3 Å². The average Bonchev–Trinajstić information content (AvgIpc) is 2.97. The van der Waals surface area contributed by atoms with Crippen molar-refractivity contribution in [3.05, 3.63) is 29.6 Å². The molecule has 1 N–H and O–H groups in total. The van der Waals surface area contributed by atoms with E-state index >= 15 is 0 Å². The fourth-order valence-electron chi connectivity index (χ4n) is 2.17. The third kappa shape index (κ3) is 2.99. The zero-order chi connectivity index (χ0) is 13.8. The lowest BCUT2D eigenvalue weighted by Gasteiger charge is -2.11. The molecule has 1 aromatic carbocycles. The molecule has 1 aliphatic rings. The number of nitrogens with one attached hydrogen (secondary N) is 1. The Balaban J connectivity index is 1.77. The summed E-state index contributed by atoms with van der Waals surface area (Å²) in [6.45, 7) is 0.927. The van der Waals surface area contributed by atoms with Gasteiger partial charge in [0.1, 0.15) is 11.6 Å². The minimum absolute atomic E-state index is 0.849. The van der Waals surface area contributed by atoms with Crippen LogP contribution in [0.2, 0.25) is 0 Å². The second kappa shape index (κ2) is 6.05. The molecule has 1 aromatic heterocycles. The van der Waals surface area contributed by atoms with Gasteiger partial charge in [-0.1, -0.05) is 12.1 Å². The lowest BCUT2D eigenvalue weighted by atomic mass is 10.2. The molecule has 5 heteroatoms. The molecular weight excluding hydrogens is 270 g/mol. The number of anilines is 1. The van der Waals surface area contributed by atoms with Crippen molar-refractivity contribution in [1.82, 2.24) is 4.98 Å². The van der Waals surface area contributed by atoms with Gasteiger partial charge in [-0.3, -0.25) is 4.99 Å². The van der Waals surface area contributed by atoms with E-state index < -0.39 is 0 Å². The van der Waals surface area contributed by atoms with E-state index in [1.165, 1.54) is 12.8 Å². The van der Waals surface area contributed by atoms with Crippen LogP contribution in [0.4, 0.5) is 5.13 Å². The van der Waals surface area contributed by atoms with Crippen LogP contribution in [0.25, 0.3) is 11.3 Å². The Morgan fingerprint density at radius 2 is 2.25 bits per heavy atom. The molecule has 0 atom stereocenters. The summed E-state index contributed by atoms with van der Waals surface area (Å²) in [4.78, 5) is 9.11. The van der Waals surface area contributed by atoms with E-state index in [0.717, 1.165) is 40.9 Å². The largest absolute Gasteiger partial charge is 0.497 e. The average molecular weight is 287 g/mol. The number of rotatable bonds is 3. The van der Waals surface area contributed by atoms with Crippen molar-refractivity contribution >= 4 is 22.3 Å². The molecule has 3 rings (SSSR count). The zero-order valence-corrected chi connectivity index (χ0v) is 12.2. The Bertz CT molecular complexity index is 621. The van der Waals surface area contributed by atoms with Crippen LogP contribution in [-0.2, 0) is 0 Å². The number of benzene rings is 1. The maximum Gasteiger partial charge on any atom is 0.188 e. The number of nitrogens with zero attached hydrogens (tertiary/aromatic N) is 2. The first-order valence-corrected chi connectivity index (χ1v) is 7.63. The minimum atomic E-state index is 0.849.